The summed E-state index contributed by atoms with van der Waals surface area (Å²) in [6.07, 6.45) is 1.56. The average Bonchev–Trinajstić information content (AvgIpc) is 2.34. The number of ether oxygens (including phenoxy) is 1. The number of hydrogen-bond acceptors (Lipinski definition) is 4. The van der Waals surface area contributed by atoms with Gasteiger partial charge in [0.1, 0.15) is 0 Å². The molecule has 0 fully saturated rings. The maximum Gasteiger partial charge on any atom is 0.311 e. The number of nitro benzene ring substituents is 1. The molecule has 2 rings (SSSR count). The fraction of sp³-hybridized carbons (Fsp3) is 0.0833. The number of aryl methyl sites for hydroxylation is 1. The molecule has 0 aliphatic carbocycles. The summed E-state index contributed by atoms with van der Waals surface area (Å²) in [4.78, 5) is 14.6. The van der Waals surface area contributed by atoms with Gasteiger partial charge in [0, 0.05) is 16.7 Å². The molecule has 19 heavy (non-hydrogen) atoms. The molecule has 0 aliphatic rings. The Balaban J connectivity index is 2.40. The summed E-state index contributed by atoms with van der Waals surface area (Å²) in [6.45, 7) is 1.78. The van der Waals surface area contributed by atoms with Crippen LogP contribution in [0.1, 0.15) is 5.56 Å². The van der Waals surface area contributed by atoms with E-state index in [1.165, 1.54) is 6.07 Å². The van der Waals surface area contributed by atoms with Gasteiger partial charge in [0.2, 0.25) is 11.6 Å². The molecule has 98 valence electrons. The van der Waals surface area contributed by atoms with Crippen LogP contribution in [0.4, 0.5) is 5.69 Å². The molecule has 1 heterocycles. The maximum atomic E-state index is 11.0. The topological polar surface area (TPSA) is 65.3 Å². The smallest absolute Gasteiger partial charge is 0.311 e. The molecule has 0 saturated carbocycles. The maximum absolute atomic E-state index is 11.0. The van der Waals surface area contributed by atoms with E-state index >= 15 is 0 Å². The molecule has 0 aliphatic heterocycles. The fourth-order valence-corrected chi connectivity index (χ4v) is 2.51. The summed E-state index contributed by atoms with van der Waals surface area (Å²) in [6, 6.07) is 6.52. The first-order valence-corrected chi connectivity index (χ1v) is 6.80. The Morgan fingerprint density at radius 2 is 2.05 bits per heavy atom. The molecule has 0 N–H and O–H groups in total. The number of pyridine rings is 1. The van der Waals surface area contributed by atoms with Crippen LogP contribution in [0.5, 0.6) is 11.6 Å². The number of aromatic nitrogens is 1. The summed E-state index contributed by atoms with van der Waals surface area (Å²) < 4.78 is 6.88. The number of rotatable bonds is 3. The molecular formula is C12H8Br2N2O3. The molecule has 0 bridgehead atoms. The van der Waals surface area contributed by atoms with Gasteiger partial charge in [-0.15, -0.1) is 0 Å². The Morgan fingerprint density at radius 1 is 1.32 bits per heavy atom. The average molecular weight is 388 g/mol. The van der Waals surface area contributed by atoms with E-state index in [0.717, 1.165) is 10.0 Å². The third kappa shape index (κ3) is 3.30. The fourth-order valence-electron chi connectivity index (χ4n) is 1.44. The van der Waals surface area contributed by atoms with Crippen LogP contribution in [0.3, 0.4) is 0 Å². The second-order valence-electron chi connectivity index (χ2n) is 3.77. The summed E-state index contributed by atoms with van der Waals surface area (Å²) in [5.74, 6) is 0.432. The molecular weight excluding hydrogens is 380 g/mol. The molecule has 0 saturated heterocycles. The first kappa shape index (κ1) is 14.0. The van der Waals surface area contributed by atoms with E-state index in [0.29, 0.717) is 4.47 Å². The Hall–Kier alpha value is -1.47. The van der Waals surface area contributed by atoms with Gasteiger partial charge in [-0.2, -0.15) is 0 Å². The molecule has 0 atom stereocenters. The van der Waals surface area contributed by atoms with Gasteiger partial charge in [-0.1, -0.05) is 6.07 Å². The lowest BCUT2D eigenvalue weighted by molar-refractivity contribution is -0.385. The number of hydrogen-bond donors (Lipinski definition) is 0. The van der Waals surface area contributed by atoms with Crippen molar-refractivity contribution in [3.8, 4) is 11.6 Å². The van der Waals surface area contributed by atoms with E-state index in [-0.39, 0.29) is 17.3 Å². The predicted octanol–water partition coefficient (Wildman–Crippen LogP) is 4.62. The van der Waals surface area contributed by atoms with Crippen LogP contribution in [0.15, 0.2) is 39.4 Å². The first-order chi connectivity index (χ1) is 8.97. The minimum absolute atomic E-state index is 0.0865. The Labute approximate surface area is 126 Å². The second-order valence-corrected chi connectivity index (χ2v) is 5.54. The van der Waals surface area contributed by atoms with Crippen LogP contribution >= 0.6 is 31.9 Å². The van der Waals surface area contributed by atoms with Crippen molar-refractivity contribution >= 4 is 37.5 Å². The van der Waals surface area contributed by atoms with Gasteiger partial charge in [0.05, 0.1) is 9.40 Å². The number of nitro groups is 1. The van der Waals surface area contributed by atoms with E-state index in [1.54, 1.807) is 31.3 Å². The minimum atomic E-state index is -0.477. The van der Waals surface area contributed by atoms with Crippen molar-refractivity contribution < 1.29 is 9.66 Å². The minimum Gasteiger partial charge on any atom is -0.431 e. The van der Waals surface area contributed by atoms with Gasteiger partial charge in [-0.25, -0.2) is 4.98 Å². The SMILES string of the molecule is Cc1ccc(Oc2ncc(Br)cc2Br)c([N+](=O)[O-])c1. The Bertz CT molecular complexity index is 647. The van der Waals surface area contributed by atoms with E-state index in [9.17, 15) is 10.1 Å². The van der Waals surface area contributed by atoms with Crippen LogP contribution in [-0.4, -0.2) is 9.91 Å². The number of halogens is 2. The summed E-state index contributed by atoms with van der Waals surface area (Å²) in [5, 5.41) is 11.0. The van der Waals surface area contributed by atoms with Crippen molar-refractivity contribution in [2.24, 2.45) is 0 Å². The van der Waals surface area contributed by atoms with Crippen LogP contribution in [0.25, 0.3) is 0 Å². The van der Waals surface area contributed by atoms with Crippen LogP contribution < -0.4 is 4.74 Å². The second kappa shape index (κ2) is 5.66. The van der Waals surface area contributed by atoms with Crippen molar-refractivity contribution in [3.05, 3.63) is 55.1 Å². The highest BCUT2D eigenvalue weighted by Crippen LogP contribution is 2.34. The summed E-state index contributed by atoms with van der Waals surface area (Å²) >= 11 is 6.57. The molecule has 0 amide bonds. The largest absolute Gasteiger partial charge is 0.431 e. The lowest BCUT2D eigenvalue weighted by Gasteiger charge is -2.07. The first-order valence-electron chi connectivity index (χ1n) is 5.21. The van der Waals surface area contributed by atoms with Gasteiger partial charge < -0.3 is 4.74 Å². The van der Waals surface area contributed by atoms with Gasteiger partial charge >= 0.3 is 5.69 Å². The Kier molecular flexibility index (Phi) is 4.16. The predicted molar refractivity (Wildman–Crippen MR) is 77.5 cm³/mol. The third-order valence-corrected chi connectivity index (χ3v) is 3.29. The zero-order valence-electron chi connectivity index (χ0n) is 9.76. The molecule has 1 aromatic heterocycles. The van der Waals surface area contributed by atoms with Crippen molar-refractivity contribution in [3.63, 3.8) is 0 Å². The zero-order valence-corrected chi connectivity index (χ0v) is 12.9. The van der Waals surface area contributed by atoms with E-state index in [2.05, 4.69) is 36.8 Å². The number of nitrogens with zero attached hydrogens (tertiary/aromatic N) is 2. The molecule has 2 aromatic rings. The molecule has 1 aromatic carbocycles. The standard InChI is InChI=1S/C12H8Br2N2O3/c1-7-2-3-11(10(4-7)16(17)18)19-12-9(14)5-8(13)6-15-12/h2-6H,1H3. The van der Waals surface area contributed by atoms with Gasteiger partial charge in [-0.05, 0) is 56.5 Å². The quantitative estimate of drug-likeness (QED) is 0.569. The number of benzene rings is 1. The van der Waals surface area contributed by atoms with Gasteiger partial charge in [0.15, 0.2) is 0 Å². The van der Waals surface area contributed by atoms with E-state index in [1.807, 2.05) is 0 Å². The zero-order chi connectivity index (χ0) is 14.0. The monoisotopic (exact) mass is 386 g/mol. The summed E-state index contributed by atoms with van der Waals surface area (Å²) in [5.41, 5.74) is 0.707. The van der Waals surface area contributed by atoms with Crippen LogP contribution in [-0.2, 0) is 0 Å². The normalized spacial score (nSPS) is 10.3. The molecule has 0 spiro atoms. The van der Waals surface area contributed by atoms with Crippen molar-refractivity contribution in [1.29, 1.82) is 0 Å². The van der Waals surface area contributed by atoms with Crippen molar-refractivity contribution in [2.75, 3.05) is 0 Å². The molecule has 0 unspecified atom stereocenters. The summed E-state index contributed by atoms with van der Waals surface area (Å²) in [7, 11) is 0. The van der Waals surface area contributed by atoms with Gasteiger partial charge in [0.25, 0.3) is 0 Å². The lowest BCUT2D eigenvalue weighted by atomic mass is 10.2. The third-order valence-electron chi connectivity index (χ3n) is 2.29. The lowest BCUT2D eigenvalue weighted by Crippen LogP contribution is -1.95. The van der Waals surface area contributed by atoms with E-state index in [4.69, 9.17) is 4.74 Å². The Morgan fingerprint density at radius 3 is 2.68 bits per heavy atom. The van der Waals surface area contributed by atoms with Crippen LogP contribution in [0, 0.1) is 17.0 Å². The highest BCUT2D eigenvalue weighted by atomic mass is 79.9. The van der Waals surface area contributed by atoms with Gasteiger partial charge in [-0.3, -0.25) is 10.1 Å². The van der Waals surface area contributed by atoms with Crippen molar-refractivity contribution in [1.82, 2.24) is 4.98 Å². The highest BCUT2D eigenvalue weighted by Gasteiger charge is 2.17. The van der Waals surface area contributed by atoms with Crippen LogP contribution in [0.2, 0.25) is 0 Å². The molecule has 0 radical (unpaired) electrons. The van der Waals surface area contributed by atoms with E-state index < -0.39 is 4.92 Å². The molecule has 5 nitrogen and oxygen atoms in total. The highest BCUT2D eigenvalue weighted by molar-refractivity contribution is 9.11. The van der Waals surface area contributed by atoms with Crippen molar-refractivity contribution in [2.45, 2.75) is 6.92 Å². The molecule has 7 heteroatoms.